The monoisotopic (exact) mass is 223 g/mol. The average molecular weight is 223 g/mol. The lowest BCUT2D eigenvalue weighted by atomic mass is 10.2. The SMILES string of the molecule is Nc1cc(OC(F)(F)F)c(F)cc1C=O. The molecule has 1 aromatic rings. The first-order chi connectivity index (χ1) is 6.83. The van der Waals surface area contributed by atoms with Gasteiger partial charge in [0, 0.05) is 17.3 Å². The average Bonchev–Trinajstić information content (AvgIpc) is 2.08. The summed E-state index contributed by atoms with van der Waals surface area (Å²) in [6.45, 7) is 0. The van der Waals surface area contributed by atoms with Crippen molar-refractivity contribution < 1.29 is 27.1 Å². The fourth-order valence-corrected chi connectivity index (χ4v) is 0.889. The Kier molecular flexibility index (Phi) is 2.83. The summed E-state index contributed by atoms with van der Waals surface area (Å²) >= 11 is 0. The number of halogens is 4. The summed E-state index contributed by atoms with van der Waals surface area (Å²) in [6.07, 6.45) is -4.77. The number of benzene rings is 1. The summed E-state index contributed by atoms with van der Waals surface area (Å²) in [7, 11) is 0. The van der Waals surface area contributed by atoms with Crippen molar-refractivity contribution in [3.63, 3.8) is 0 Å². The van der Waals surface area contributed by atoms with E-state index in [0.29, 0.717) is 12.1 Å². The predicted molar refractivity (Wildman–Crippen MR) is 42.9 cm³/mol. The summed E-state index contributed by atoms with van der Waals surface area (Å²) in [5, 5.41) is 0. The Bertz CT molecular complexity index is 389. The number of hydrogen-bond acceptors (Lipinski definition) is 3. The van der Waals surface area contributed by atoms with Gasteiger partial charge in [0.1, 0.15) is 0 Å². The number of ether oxygens (including phenoxy) is 1. The van der Waals surface area contributed by atoms with E-state index in [4.69, 9.17) is 5.73 Å². The van der Waals surface area contributed by atoms with Crippen molar-refractivity contribution in [3.8, 4) is 5.75 Å². The maximum absolute atomic E-state index is 12.9. The molecule has 0 aliphatic heterocycles. The Labute approximate surface area is 81.4 Å². The second kappa shape index (κ2) is 3.76. The van der Waals surface area contributed by atoms with E-state index in [1.165, 1.54) is 0 Å². The molecule has 2 N–H and O–H groups in total. The fourth-order valence-electron chi connectivity index (χ4n) is 0.889. The van der Waals surface area contributed by atoms with Gasteiger partial charge in [-0.25, -0.2) is 4.39 Å². The first-order valence-electron chi connectivity index (χ1n) is 3.63. The van der Waals surface area contributed by atoms with Gasteiger partial charge >= 0.3 is 6.36 Å². The minimum Gasteiger partial charge on any atom is -0.403 e. The van der Waals surface area contributed by atoms with Gasteiger partial charge in [0.2, 0.25) is 0 Å². The molecule has 7 heteroatoms. The Morgan fingerprint density at radius 3 is 2.40 bits per heavy atom. The molecule has 0 aromatic heterocycles. The first-order valence-corrected chi connectivity index (χ1v) is 3.63. The molecule has 0 aliphatic rings. The van der Waals surface area contributed by atoms with Gasteiger partial charge in [-0.2, -0.15) is 0 Å². The molecule has 15 heavy (non-hydrogen) atoms. The van der Waals surface area contributed by atoms with Crippen LogP contribution in [0.1, 0.15) is 10.4 Å². The predicted octanol–water partition coefficient (Wildman–Crippen LogP) is 2.12. The number of carbonyl (C=O) groups is 1. The molecular weight excluding hydrogens is 218 g/mol. The van der Waals surface area contributed by atoms with E-state index < -0.39 is 17.9 Å². The molecule has 82 valence electrons. The zero-order valence-electron chi connectivity index (χ0n) is 7.14. The molecule has 1 rings (SSSR count). The van der Waals surface area contributed by atoms with Crippen LogP contribution in [0.25, 0.3) is 0 Å². The van der Waals surface area contributed by atoms with Crippen molar-refractivity contribution >= 4 is 12.0 Å². The largest absolute Gasteiger partial charge is 0.573 e. The van der Waals surface area contributed by atoms with Crippen LogP contribution in [0.15, 0.2) is 12.1 Å². The second-order valence-electron chi connectivity index (χ2n) is 2.58. The highest BCUT2D eigenvalue weighted by Crippen LogP contribution is 2.28. The number of nitrogen functional groups attached to an aromatic ring is 1. The standard InChI is InChI=1S/C8H5F4NO2/c9-5-1-4(3-14)6(13)2-7(5)15-8(10,11)12/h1-3H,13H2. The highest BCUT2D eigenvalue weighted by Gasteiger charge is 2.32. The molecule has 0 amide bonds. The molecule has 0 saturated heterocycles. The van der Waals surface area contributed by atoms with Gasteiger partial charge in [-0.05, 0) is 6.07 Å². The summed E-state index contributed by atoms with van der Waals surface area (Å²) in [5.74, 6) is -2.37. The van der Waals surface area contributed by atoms with Crippen LogP contribution in [0.5, 0.6) is 5.75 Å². The molecule has 0 saturated carbocycles. The van der Waals surface area contributed by atoms with Gasteiger partial charge in [0.25, 0.3) is 0 Å². The van der Waals surface area contributed by atoms with Crippen molar-refractivity contribution in [2.24, 2.45) is 0 Å². The molecule has 0 radical (unpaired) electrons. The maximum atomic E-state index is 12.9. The van der Waals surface area contributed by atoms with Gasteiger partial charge in [0.15, 0.2) is 17.9 Å². The molecule has 0 atom stereocenters. The zero-order chi connectivity index (χ0) is 11.6. The van der Waals surface area contributed by atoms with Crippen molar-refractivity contribution in [1.29, 1.82) is 0 Å². The third-order valence-electron chi connectivity index (χ3n) is 1.49. The van der Waals surface area contributed by atoms with Crippen LogP contribution in [0.2, 0.25) is 0 Å². The highest BCUT2D eigenvalue weighted by molar-refractivity contribution is 5.83. The summed E-state index contributed by atoms with van der Waals surface area (Å²) in [6, 6.07) is 1.18. The fraction of sp³-hybridized carbons (Fsp3) is 0.125. The molecule has 3 nitrogen and oxygen atoms in total. The van der Waals surface area contributed by atoms with E-state index in [2.05, 4.69) is 4.74 Å². The quantitative estimate of drug-likeness (QED) is 0.474. The summed E-state index contributed by atoms with van der Waals surface area (Å²) in [4.78, 5) is 10.3. The number of aldehydes is 1. The van der Waals surface area contributed by atoms with E-state index in [1.807, 2.05) is 0 Å². The number of nitrogens with two attached hydrogens (primary N) is 1. The number of carbonyl (C=O) groups excluding carboxylic acids is 1. The lowest BCUT2D eigenvalue weighted by molar-refractivity contribution is -0.275. The smallest absolute Gasteiger partial charge is 0.403 e. The molecule has 0 spiro atoms. The third-order valence-corrected chi connectivity index (χ3v) is 1.49. The van der Waals surface area contributed by atoms with E-state index in [-0.39, 0.29) is 17.5 Å². The molecule has 0 aliphatic carbocycles. The molecular formula is C8H5F4NO2. The lowest BCUT2D eigenvalue weighted by Crippen LogP contribution is -2.18. The Morgan fingerprint density at radius 2 is 1.93 bits per heavy atom. The van der Waals surface area contributed by atoms with Gasteiger partial charge < -0.3 is 10.5 Å². The molecule has 0 heterocycles. The van der Waals surface area contributed by atoms with E-state index in [0.717, 1.165) is 0 Å². The van der Waals surface area contributed by atoms with E-state index in [1.54, 1.807) is 0 Å². The molecule has 0 fully saturated rings. The number of rotatable bonds is 2. The van der Waals surface area contributed by atoms with Crippen LogP contribution in [-0.2, 0) is 0 Å². The van der Waals surface area contributed by atoms with Gasteiger partial charge in [-0.1, -0.05) is 0 Å². The minimum atomic E-state index is -5.00. The zero-order valence-corrected chi connectivity index (χ0v) is 7.14. The number of anilines is 1. The van der Waals surface area contributed by atoms with Gasteiger partial charge in [0.05, 0.1) is 0 Å². The van der Waals surface area contributed by atoms with Crippen LogP contribution in [0.4, 0.5) is 23.2 Å². The van der Waals surface area contributed by atoms with E-state index in [9.17, 15) is 22.4 Å². The number of alkyl halides is 3. The van der Waals surface area contributed by atoms with E-state index >= 15 is 0 Å². The summed E-state index contributed by atoms with van der Waals surface area (Å²) in [5.41, 5.74) is 4.65. The Balaban J connectivity index is 3.11. The number of hydrogen-bond donors (Lipinski definition) is 1. The van der Waals surface area contributed by atoms with Crippen molar-refractivity contribution in [3.05, 3.63) is 23.5 Å². The van der Waals surface area contributed by atoms with Crippen LogP contribution < -0.4 is 10.5 Å². The molecule has 0 bridgehead atoms. The molecule has 1 aromatic carbocycles. The second-order valence-corrected chi connectivity index (χ2v) is 2.58. The van der Waals surface area contributed by atoms with Crippen molar-refractivity contribution in [2.45, 2.75) is 6.36 Å². The minimum absolute atomic E-state index is 0.232. The van der Waals surface area contributed by atoms with Crippen LogP contribution in [0, 0.1) is 5.82 Å². The van der Waals surface area contributed by atoms with Crippen LogP contribution in [0.3, 0.4) is 0 Å². The normalized spacial score (nSPS) is 11.2. The third kappa shape index (κ3) is 2.83. The van der Waals surface area contributed by atoms with Crippen molar-refractivity contribution in [1.82, 2.24) is 0 Å². The summed E-state index contributed by atoms with van der Waals surface area (Å²) < 4.78 is 51.5. The Hall–Kier alpha value is -1.79. The molecule has 0 unspecified atom stereocenters. The Morgan fingerprint density at radius 1 is 1.33 bits per heavy atom. The maximum Gasteiger partial charge on any atom is 0.573 e. The highest BCUT2D eigenvalue weighted by atomic mass is 19.4. The lowest BCUT2D eigenvalue weighted by Gasteiger charge is -2.10. The topological polar surface area (TPSA) is 52.3 Å². The van der Waals surface area contributed by atoms with Gasteiger partial charge in [-0.15, -0.1) is 13.2 Å². The van der Waals surface area contributed by atoms with Crippen LogP contribution in [-0.4, -0.2) is 12.6 Å². The van der Waals surface area contributed by atoms with Crippen LogP contribution >= 0.6 is 0 Å². The first kappa shape index (κ1) is 11.3. The van der Waals surface area contributed by atoms with Crippen molar-refractivity contribution in [2.75, 3.05) is 5.73 Å². The van der Waals surface area contributed by atoms with Gasteiger partial charge in [-0.3, -0.25) is 4.79 Å².